The van der Waals surface area contributed by atoms with Crippen molar-refractivity contribution in [1.82, 2.24) is 4.31 Å². The monoisotopic (exact) mass is 328 g/mol. The van der Waals surface area contributed by atoms with Crippen LogP contribution in [0.15, 0.2) is 0 Å². The highest BCUT2D eigenvalue weighted by molar-refractivity contribution is 7.92. The first-order chi connectivity index (χ1) is 8.56. The highest BCUT2D eigenvalue weighted by Gasteiger charge is 2.35. The molecule has 6 nitrogen and oxygen atoms in total. The van der Waals surface area contributed by atoms with Crippen LogP contribution in [-0.2, 0) is 19.9 Å². The molecule has 1 heterocycles. The summed E-state index contributed by atoms with van der Waals surface area (Å²) in [6.07, 6.45) is 0.326. The van der Waals surface area contributed by atoms with E-state index in [0.717, 1.165) is 0 Å². The lowest BCUT2D eigenvalue weighted by molar-refractivity contribution is 0.431. The lowest BCUT2D eigenvalue weighted by atomic mass is 10.2. The Bertz CT molecular complexity index is 527. The average Bonchev–Trinajstić information content (AvgIpc) is 2.27. The van der Waals surface area contributed by atoms with Gasteiger partial charge in [-0.05, 0) is 12.8 Å². The first kappa shape index (κ1) is 16.8. The number of nitrogens with two attached hydrogens (primary N) is 1. The molecule has 2 N–H and O–H groups in total. The Hall–Kier alpha value is -0.250. The predicted molar refractivity (Wildman–Crippen MR) is 79.2 cm³/mol. The lowest BCUT2D eigenvalue weighted by Gasteiger charge is -2.28. The molecule has 0 aromatic carbocycles. The minimum atomic E-state index is -3.49. The summed E-state index contributed by atoms with van der Waals surface area (Å²) in [7, 11) is -5.07. The van der Waals surface area contributed by atoms with Crippen LogP contribution >= 0.6 is 12.2 Å². The van der Waals surface area contributed by atoms with Crippen LogP contribution < -0.4 is 5.73 Å². The normalized spacial score (nSPS) is 22.3. The van der Waals surface area contributed by atoms with Crippen molar-refractivity contribution in [3.63, 3.8) is 0 Å². The van der Waals surface area contributed by atoms with Crippen molar-refractivity contribution < 1.29 is 16.8 Å². The summed E-state index contributed by atoms with van der Waals surface area (Å²) in [6, 6.07) is 0. The van der Waals surface area contributed by atoms with E-state index in [1.807, 2.05) is 0 Å². The van der Waals surface area contributed by atoms with E-state index in [1.165, 1.54) is 11.4 Å². The Kier molecular flexibility index (Phi) is 5.33. The summed E-state index contributed by atoms with van der Waals surface area (Å²) in [5.41, 5.74) is 5.47. The molecule has 0 aliphatic carbocycles. The zero-order valence-corrected chi connectivity index (χ0v) is 13.5. The summed E-state index contributed by atoms with van der Waals surface area (Å²) in [5.74, 6) is -0.326. The van der Waals surface area contributed by atoms with Gasteiger partial charge in [-0.3, -0.25) is 0 Å². The summed E-state index contributed by atoms with van der Waals surface area (Å²) in [5, 5.41) is -0.625. The van der Waals surface area contributed by atoms with E-state index in [-0.39, 0.29) is 41.8 Å². The van der Waals surface area contributed by atoms with Gasteiger partial charge in [0, 0.05) is 19.5 Å². The fraction of sp³-hybridized carbons (Fsp3) is 0.900. The second kappa shape index (κ2) is 6.02. The summed E-state index contributed by atoms with van der Waals surface area (Å²) >= 11 is 4.82. The number of thiocarbonyl (C=S) groups is 1. The molecule has 1 unspecified atom stereocenters. The van der Waals surface area contributed by atoms with Gasteiger partial charge >= 0.3 is 0 Å². The number of sulfonamides is 1. The van der Waals surface area contributed by atoms with Gasteiger partial charge in [0.1, 0.15) is 9.84 Å². The Morgan fingerprint density at radius 1 is 1.42 bits per heavy atom. The van der Waals surface area contributed by atoms with E-state index in [0.29, 0.717) is 0 Å². The second-order valence-electron chi connectivity index (χ2n) is 4.98. The molecule has 0 aromatic heterocycles. The van der Waals surface area contributed by atoms with Gasteiger partial charge in [0.15, 0.2) is 0 Å². The molecule has 0 aromatic rings. The van der Waals surface area contributed by atoms with Gasteiger partial charge in [0.2, 0.25) is 10.0 Å². The fourth-order valence-electron chi connectivity index (χ4n) is 2.00. The Labute approximate surface area is 120 Å². The summed E-state index contributed by atoms with van der Waals surface area (Å²) < 4.78 is 48.5. The molecule has 1 aliphatic rings. The molecule has 1 atom stereocenters. The minimum absolute atomic E-state index is 0.0599. The summed E-state index contributed by atoms with van der Waals surface area (Å²) in [6.45, 7) is 1.99. The fourth-order valence-corrected chi connectivity index (χ4v) is 5.64. The maximum Gasteiger partial charge on any atom is 0.216 e. The first-order valence-corrected chi connectivity index (χ1v) is 9.74. The van der Waals surface area contributed by atoms with Crippen LogP contribution in [-0.4, -0.2) is 56.5 Å². The Morgan fingerprint density at radius 2 is 1.89 bits per heavy atom. The zero-order valence-electron chi connectivity index (χ0n) is 11.1. The van der Waals surface area contributed by atoms with Crippen molar-refractivity contribution in [2.45, 2.75) is 25.0 Å². The van der Waals surface area contributed by atoms with Crippen molar-refractivity contribution >= 4 is 37.1 Å². The number of sulfone groups is 1. The SMILES string of the molecule is CC(CN(C)S(=O)(=O)C1CCS(=O)(=O)CC1)C(N)=S. The van der Waals surface area contributed by atoms with Crippen molar-refractivity contribution in [2.75, 3.05) is 25.1 Å². The molecule has 0 amide bonds. The standard InChI is InChI=1S/C10H20N2O4S3/c1-8(10(11)17)7-12(2)19(15,16)9-3-5-18(13,14)6-4-9/h8-9H,3-7H2,1-2H3,(H2,11,17). The van der Waals surface area contributed by atoms with Crippen molar-refractivity contribution in [1.29, 1.82) is 0 Å². The van der Waals surface area contributed by atoms with Crippen LogP contribution in [0.3, 0.4) is 0 Å². The number of hydrogen-bond acceptors (Lipinski definition) is 5. The quantitative estimate of drug-likeness (QED) is 0.699. The largest absolute Gasteiger partial charge is 0.393 e. The Morgan fingerprint density at radius 3 is 2.32 bits per heavy atom. The van der Waals surface area contributed by atoms with E-state index in [9.17, 15) is 16.8 Å². The van der Waals surface area contributed by atoms with Gasteiger partial charge in [-0.2, -0.15) is 0 Å². The van der Waals surface area contributed by atoms with Crippen molar-refractivity contribution in [3.05, 3.63) is 0 Å². The molecule has 9 heteroatoms. The smallest absolute Gasteiger partial charge is 0.216 e. The van der Waals surface area contributed by atoms with Crippen LogP contribution in [0.5, 0.6) is 0 Å². The maximum atomic E-state index is 12.3. The highest BCUT2D eigenvalue weighted by Crippen LogP contribution is 2.22. The zero-order chi connectivity index (χ0) is 14.8. The molecule has 1 saturated heterocycles. The van der Waals surface area contributed by atoms with Crippen LogP contribution in [0.1, 0.15) is 19.8 Å². The predicted octanol–water partition coefficient (Wildman–Crippen LogP) is -0.253. The van der Waals surface area contributed by atoms with E-state index in [1.54, 1.807) is 6.92 Å². The molecule has 112 valence electrons. The molecule has 1 fully saturated rings. The number of rotatable bonds is 5. The van der Waals surface area contributed by atoms with Gasteiger partial charge < -0.3 is 5.73 Å². The van der Waals surface area contributed by atoms with Gasteiger partial charge in [-0.1, -0.05) is 19.1 Å². The van der Waals surface area contributed by atoms with Gasteiger partial charge in [0.05, 0.1) is 21.7 Å². The van der Waals surface area contributed by atoms with E-state index in [2.05, 4.69) is 0 Å². The number of nitrogens with zero attached hydrogens (tertiary/aromatic N) is 1. The molecular formula is C10H20N2O4S3. The van der Waals surface area contributed by atoms with Crippen LogP contribution in [0.25, 0.3) is 0 Å². The molecule has 0 saturated carbocycles. The third-order valence-electron chi connectivity index (χ3n) is 3.37. The maximum absolute atomic E-state index is 12.3. The molecular weight excluding hydrogens is 308 g/mol. The third kappa shape index (κ3) is 4.37. The molecule has 1 aliphatic heterocycles. The number of hydrogen-bond donors (Lipinski definition) is 1. The summed E-state index contributed by atoms with van der Waals surface area (Å²) in [4.78, 5) is 0.272. The van der Waals surface area contributed by atoms with E-state index >= 15 is 0 Å². The molecule has 19 heavy (non-hydrogen) atoms. The Balaban J connectivity index is 2.73. The minimum Gasteiger partial charge on any atom is -0.393 e. The molecule has 0 bridgehead atoms. The van der Waals surface area contributed by atoms with Crippen LogP contribution in [0.4, 0.5) is 0 Å². The van der Waals surface area contributed by atoms with Crippen molar-refractivity contribution in [3.8, 4) is 0 Å². The average molecular weight is 328 g/mol. The van der Waals surface area contributed by atoms with E-state index in [4.69, 9.17) is 18.0 Å². The van der Waals surface area contributed by atoms with Crippen LogP contribution in [0.2, 0.25) is 0 Å². The van der Waals surface area contributed by atoms with Gasteiger partial charge in [-0.25, -0.2) is 21.1 Å². The highest BCUT2D eigenvalue weighted by atomic mass is 32.2. The molecule has 0 spiro atoms. The van der Waals surface area contributed by atoms with E-state index < -0.39 is 25.1 Å². The van der Waals surface area contributed by atoms with Gasteiger partial charge in [-0.15, -0.1) is 0 Å². The van der Waals surface area contributed by atoms with Crippen molar-refractivity contribution in [2.24, 2.45) is 11.7 Å². The molecule has 1 rings (SSSR count). The topological polar surface area (TPSA) is 97.5 Å². The van der Waals surface area contributed by atoms with Gasteiger partial charge in [0.25, 0.3) is 0 Å². The second-order valence-corrected chi connectivity index (χ2v) is 10.1. The third-order valence-corrected chi connectivity index (χ3v) is 7.82. The lowest BCUT2D eigenvalue weighted by Crippen LogP contribution is -2.43. The first-order valence-electron chi connectivity index (χ1n) is 6.01. The molecule has 0 radical (unpaired) electrons. The van der Waals surface area contributed by atoms with Crippen LogP contribution in [0, 0.1) is 5.92 Å².